The van der Waals surface area contributed by atoms with Gasteiger partial charge in [-0.2, -0.15) is 0 Å². The fourth-order valence-corrected chi connectivity index (χ4v) is 5.97. The zero-order chi connectivity index (χ0) is 26.7. The van der Waals surface area contributed by atoms with Crippen molar-refractivity contribution in [2.45, 2.75) is 24.8 Å². The van der Waals surface area contributed by atoms with Crippen molar-refractivity contribution in [3.63, 3.8) is 0 Å². The first-order chi connectivity index (χ1) is 18.4. The van der Waals surface area contributed by atoms with E-state index < -0.39 is 10.0 Å². The molecule has 0 atom stereocenters. The summed E-state index contributed by atoms with van der Waals surface area (Å²) in [6.07, 6.45) is 2.47. The number of nitrogens with zero attached hydrogens (tertiary/aromatic N) is 2. The zero-order valence-electron chi connectivity index (χ0n) is 20.7. The summed E-state index contributed by atoms with van der Waals surface area (Å²) >= 11 is 1.44. The molecule has 0 spiro atoms. The van der Waals surface area contributed by atoms with E-state index in [1.165, 1.54) is 36.1 Å². The Morgan fingerprint density at radius 3 is 2.47 bits per heavy atom. The van der Waals surface area contributed by atoms with Crippen molar-refractivity contribution >= 4 is 48.3 Å². The van der Waals surface area contributed by atoms with E-state index >= 15 is 0 Å². The number of methoxy groups -OCH3 is 1. The van der Waals surface area contributed by atoms with Gasteiger partial charge in [-0.05, 0) is 84.8 Å². The first kappa shape index (κ1) is 25.5. The number of carbonyl (C=O) groups excluding carboxylic acids is 1. The van der Waals surface area contributed by atoms with Gasteiger partial charge in [0.1, 0.15) is 11.5 Å². The van der Waals surface area contributed by atoms with Crippen LogP contribution in [0, 0.1) is 0 Å². The molecule has 0 aliphatic rings. The number of rotatable bonds is 9. The summed E-state index contributed by atoms with van der Waals surface area (Å²) in [4.78, 5) is 20.0. The first-order valence-electron chi connectivity index (χ1n) is 11.9. The number of carbonyl (C=O) groups is 1. The van der Waals surface area contributed by atoms with E-state index in [1.807, 2.05) is 12.1 Å². The molecule has 0 saturated heterocycles. The highest BCUT2D eigenvalue weighted by Crippen LogP contribution is 2.32. The molecule has 2 heterocycles. The number of aromatic nitrogens is 1. The molecule has 0 unspecified atom stereocenters. The Morgan fingerprint density at radius 1 is 1.05 bits per heavy atom. The number of sulfonamides is 1. The number of benzene rings is 3. The Balaban J connectivity index is 1.40. The van der Waals surface area contributed by atoms with E-state index in [-0.39, 0.29) is 17.3 Å². The third kappa shape index (κ3) is 5.41. The van der Waals surface area contributed by atoms with Crippen molar-refractivity contribution in [1.29, 1.82) is 0 Å². The summed E-state index contributed by atoms with van der Waals surface area (Å²) in [5, 5.41) is 0.555. The number of amides is 1. The molecule has 5 rings (SSSR count). The number of hydrogen-bond acceptors (Lipinski definition) is 7. The number of anilines is 2. The van der Waals surface area contributed by atoms with Crippen LogP contribution in [-0.4, -0.2) is 26.4 Å². The Bertz CT molecular complexity index is 1660. The van der Waals surface area contributed by atoms with Gasteiger partial charge in [-0.25, -0.2) is 13.4 Å². The van der Waals surface area contributed by atoms with E-state index in [0.29, 0.717) is 27.9 Å². The second kappa shape index (κ2) is 10.7. The van der Waals surface area contributed by atoms with E-state index in [0.717, 1.165) is 16.6 Å². The average Bonchev–Trinajstić information content (AvgIpc) is 3.61. The molecule has 8 nitrogen and oxygen atoms in total. The van der Waals surface area contributed by atoms with Crippen LogP contribution in [0.4, 0.5) is 10.8 Å². The molecule has 10 heteroatoms. The molecule has 38 heavy (non-hydrogen) atoms. The second-order valence-electron chi connectivity index (χ2n) is 8.48. The zero-order valence-corrected chi connectivity index (χ0v) is 22.4. The monoisotopic (exact) mass is 547 g/mol. The van der Waals surface area contributed by atoms with E-state index in [9.17, 15) is 13.2 Å². The van der Waals surface area contributed by atoms with Crippen molar-refractivity contribution in [3.8, 4) is 5.75 Å². The van der Waals surface area contributed by atoms with Gasteiger partial charge in [-0.3, -0.25) is 14.4 Å². The summed E-state index contributed by atoms with van der Waals surface area (Å²) in [7, 11) is -2.29. The fraction of sp³-hybridized carbons (Fsp3) is 0.143. The van der Waals surface area contributed by atoms with Gasteiger partial charge in [0, 0.05) is 11.3 Å². The first-order valence-corrected chi connectivity index (χ1v) is 14.2. The van der Waals surface area contributed by atoms with Crippen LogP contribution in [0.1, 0.15) is 28.6 Å². The maximum atomic E-state index is 13.7. The SMILES string of the molecule is CCc1ccc2nc(N(Cc3ccco3)C(=O)c3ccc(NS(=O)(=O)c4ccc(OC)cc4)cc3)sc2c1. The minimum atomic E-state index is -3.81. The van der Waals surface area contributed by atoms with Gasteiger partial charge >= 0.3 is 0 Å². The normalized spacial score (nSPS) is 11.4. The molecule has 5 aromatic rings. The van der Waals surface area contributed by atoms with Crippen molar-refractivity contribution in [1.82, 2.24) is 4.98 Å². The average molecular weight is 548 g/mol. The van der Waals surface area contributed by atoms with Crippen LogP contribution in [0.2, 0.25) is 0 Å². The molecule has 0 aliphatic carbocycles. The molecule has 194 valence electrons. The summed E-state index contributed by atoms with van der Waals surface area (Å²) in [6.45, 7) is 2.30. The molecule has 0 bridgehead atoms. The minimum Gasteiger partial charge on any atom is -0.497 e. The predicted molar refractivity (Wildman–Crippen MR) is 148 cm³/mol. The largest absolute Gasteiger partial charge is 0.497 e. The van der Waals surface area contributed by atoms with Crippen LogP contribution in [-0.2, 0) is 23.0 Å². The molecular formula is C28H25N3O5S2. The van der Waals surface area contributed by atoms with Crippen LogP contribution < -0.4 is 14.4 Å². The Kier molecular flexibility index (Phi) is 7.17. The van der Waals surface area contributed by atoms with Crippen molar-refractivity contribution < 1.29 is 22.4 Å². The molecule has 0 fully saturated rings. The quantitative estimate of drug-likeness (QED) is 0.239. The summed E-state index contributed by atoms with van der Waals surface area (Å²) in [5.41, 5.74) is 2.74. The van der Waals surface area contributed by atoms with Crippen LogP contribution in [0.3, 0.4) is 0 Å². The summed E-state index contributed by atoms with van der Waals surface area (Å²) < 4.78 is 39.7. The van der Waals surface area contributed by atoms with Crippen LogP contribution >= 0.6 is 11.3 Å². The molecule has 0 aliphatic heterocycles. The number of nitrogens with one attached hydrogen (secondary N) is 1. The van der Waals surface area contributed by atoms with Crippen LogP contribution in [0.15, 0.2) is 94.4 Å². The van der Waals surface area contributed by atoms with Crippen molar-refractivity contribution in [2.75, 3.05) is 16.7 Å². The molecular weight excluding hydrogens is 522 g/mol. The highest BCUT2D eigenvalue weighted by molar-refractivity contribution is 7.92. The molecule has 3 aromatic carbocycles. The van der Waals surface area contributed by atoms with Crippen molar-refractivity contribution in [2.24, 2.45) is 0 Å². The van der Waals surface area contributed by atoms with Crippen molar-refractivity contribution in [3.05, 3.63) is 102 Å². The molecule has 1 N–H and O–H groups in total. The lowest BCUT2D eigenvalue weighted by atomic mass is 10.2. The number of ether oxygens (including phenoxy) is 1. The van der Waals surface area contributed by atoms with E-state index in [1.54, 1.807) is 59.7 Å². The highest BCUT2D eigenvalue weighted by atomic mass is 32.2. The third-order valence-corrected chi connectivity index (χ3v) is 8.41. The summed E-state index contributed by atoms with van der Waals surface area (Å²) in [5.74, 6) is 0.904. The van der Waals surface area contributed by atoms with Crippen LogP contribution in [0.5, 0.6) is 5.75 Å². The smallest absolute Gasteiger partial charge is 0.261 e. The maximum Gasteiger partial charge on any atom is 0.261 e. The molecule has 2 aromatic heterocycles. The predicted octanol–water partition coefficient (Wildman–Crippen LogP) is 6.11. The second-order valence-corrected chi connectivity index (χ2v) is 11.2. The van der Waals surface area contributed by atoms with Gasteiger partial charge < -0.3 is 9.15 Å². The Hall–Kier alpha value is -4.15. The number of fused-ring (bicyclic) bond motifs is 1. The molecule has 0 saturated carbocycles. The van der Waals surface area contributed by atoms with Crippen LogP contribution in [0.25, 0.3) is 10.2 Å². The standard InChI is InChI=1S/C28H25N3O5S2/c1-3-19-6-15-25-26(17-19)37-28(29-25)31(18-23-5-4-16-36-23)27(32)20-7-9-21(10-8-20)30-38(33,34)24-13-11-22(35-2)12-14-24/h4-17,30H,3,18H2,1-2H3. The van der Waals surface area contributed by atoms with Gasteiger partial charge in [0.15, 0.2) is 5.13 Å². The maximum absolute atomic E-state index is 13.7. The summed E-state index contributed by atoms with van der Waals surface area (Å²) in [6, 6.07) is 22.1. The molecule has 1 amide bonds. The van der Waals surface area contributed by atoms with E-state index in [2.05, 4.69) is 17.7 Å². The Labute approximate surface area is 224 Å². The number of thiazole rings is 1. The van der Waals surface area contributed by atoms with E-state index in [4.69, 9.17) is 14.1 Å². The topological polar surface area (TPSA) is 102 Å². The lowest BCUT2D eigenvalue weighted by molar-refractivity contribution is 0.0983. The van der Waals surface area contributed by atoms with Gasteiger partial charge in [0.2, 0.25) is 0 Å². The number of furan rings is 1. The lowest BCUT2D eigenvalue weighted by Crippen LogP contribution is -2.30. The van der Waals surface area contributed by atoms with Gasteiger partial charge in [0.25, 0.3) is 15.9 Å². The van der Waals surface area contributed by atoms with Gasteiger partial charge in [0.05, 0.1) is 35.0 Å². The number of hydrogen-bond donors (Lipinski definition) is 1. The van der Waals surface area contributed by atoms with Gasteiger partial charge in [-0.1, -0.05) is 24.3 Å². The minimum absolute atomic E-state index is 0.102. The Morgan fingerprint density at radius 2 is 1.82 bits per heavy atom. The molecule has 0 radical (unpaired) electrons. The third-order valence-electron chi connectivity index (χ3n) is 5.97. The number of aryl methyl sites for hydroxylation is 1. The van der Waals surface area contributed by atoms with Gasteiger partial charge in [-0.15, -0.1) is 0 Å². The fourth-order valence-electron chi connectivity index (χ4n) is 3.88. The highest BCUT2D eigenvalue weighted by Gasteiger charge is 2.23. The lowest BCUT2D eigenvalue weighted by Gasteiger charge is -2.19.